The van der Waals surface area contributed by atoms with E-state index in [1.165, 1.54) is 5.01 Å². The number of aryl methyl sites for hydroxylation is 1. The van der Waals surface area contributed by atoms with Gasteiger partial charge in [0.05, 0.1) is 42.3 Å². The van der Waals surface area contributed by atoms with E-state index in [9.17, 15) is 14.4 Å². The van der Waals surface area contributed by atoms with Gasteiger partial charge in [0.15, 0.2) is 0 Å². The van der Waals surface area contributed by atoms with Gasteiger partial charge in [-0.05, 0) is 73.9 Å². The Hall–Kier alpha value is -4.59. The van der Waals surface area contributed by atoms with Crippen LogP contribution >= 0.6 is 0 Å². The van der Waals surface area contributed by atoms with Crippen LogP contribution in [0.3, 0.4) is 0 Å². The number of aromatic nitrogens is 3. The molecule has 2 fully saturated rings. The van der Waals surface area contributed by atoms with Crippen LogP contribution in [0.2, 0.25) is 0 Å². The van der Waals surface area contributed by atoms with Crippen molar-refractivity contribution in [2.45, 2.75) is 105 Å². The number of nitrogens with zero attached hydrogens (tertiary/aromatic N) is 4. The highest BCUT2D eigenvalue weighted by Crippen LogP contribution is 2.41. The van der Waals surface area contributed by atoms with E-state index in [0.717, 1.165) is 58.6 Å². The van der Waals surface area contributed by atoms with Gasteiger partial charge in [-0.1, -0.05) is 41.5 Å². The molecule has 0 spiro atoms. The highest BCUT2D eigenvalue weighted by atomic mass is 16.5. The third-order valence-corrected chi connectivity index (χ3v) is 11.3. The fraction of sp³-hybridized carbons (Fsp3) is 0.558. The minimum absolute atomic E-state index is 0.0227. The number of benzene rings is 1. The maximum absolute atomic E-state index is 14.3. The molecule has 0 unspecified atom stereocenters. The Morgan fingerprint density at radius 1 is 1.14 bits per heavy atom. The van der Waals surface area contributed by atoms with Crippen molar-refractivity contribution in [2.75, 3.05) is 32.8 Å². The summed E-state index contributed by atoms with van der Waals surface area (Å²) in [4.78, 5) is 51.6. The summed E-state index contributed by atoms with van der Waals surface area (Å²) < 4.78 is 20.6. The van der Waals surface area contributed by atoms with Crippen molar-refractivity contribution in [3.63, 3.8) is 0 Å². The number of oxazole rings is 1. The summed E-state index contributed by atoms with van der Waals surface area (Å²) in [6, 6.07) is 8.71. The Morgan fingerprint density at radius 3 is 2.66 bits per heavy atom. The molecular weight excluding hydrogens is 711 g/mol. The predicted molar refractivity (Wildman–Crippen MR) is 213 cm³/mol. The zero-order chi connectivity index (χ0) is 39.7. The molecule has 1 aromatic carbocycles. The van der Waals surface area contributed by atoms with Crippen LogP contribution in [-0.4, -0.2) is 88.4 Å². The van der Waals surface area contributed by atoms with Gasteiger partial charge >= 0.3 is 5.97 Å². The van der Waals surface area contributed by atoms with Crippen LogP contribution in [0.5, 0.6) is 0 Å². The molecule has 4 aromatic rings. The van der Waals surface area contributed by atoms with Crippen molar-refractivity contribution in [3.8, 4) is 22.7 Å². The number of esters is 1. The monoisotopic (exact) mass is 767 g/mol. The van der Waals surface area contributed by atoms with Crippen molar-refractivity contribution in [2.24, 2.45) is 17.3 Å². The molecule has 0 aliphatic carbocycles. The summed E-state index contributed by atoms with van der Waals surface area (Å²) >= 11 is 0. The number of hydrogen-bond donors (Lipinski definition) is 3. The first-order valence-corrected chi connectivity index (χ1v) is 20.3. The second-order valence-electron chi connectivity index (χ2n) is 17.0. The fourth-order valence-corrected chi connectivity index (χ4v) is 8.06. The molecule has 2 saturated heterocycles. The molecule has 6 heterocycles. The Morgan fingerprint density at radius 2 is 1.95 bits per heavy atom. The smallest absolute Gasteiger partial charge is 0.324 e. The van der Waals surface area contributed by atoms with Gasteiger partial charge in [0.25, 0.3) is 5.91 Å². The first-order valence-electron chi connectivity index (χ1n) is 20.3. The molecule has 300 valence electrons. The number of cyclic esters (lactones) is 1. The van der Waals surface area contributed by atoms with Crippen LogP contribution < -0.4 is 16.1 Å². The van der Waals surface area contributed by atoms with Gasteiger partial charge in [0.2, 0.25) is 11.8 Å². The summed E-state index contributed by atoms with van der Waals surface area (Å²) in [6.45, 7) is 17.7. The SMILES string of the molecule is CCn1c(-c2cccnc2C(C)C)c2c3cc(ccc31)-c1nc(co1)C[C@H](NC(=O)[C@@H](COC1CNC1)C(C)C)C(=O)N1CCC[C@H](N1)C(=O)OCC(C)(C)C2. The number of amides is 2. The van der Waals surface area contributed by atoms with Crippen LogP contribution in [0.25, 0.3) is 33.6 Å². The van der Waals surface area contributed by atoms with Crippen LogP contribution in [0.4, 0.5) is 0 Å². The summed E-state index contributed by atoms with van der Waals surface area (Å²) in [5, 5.41) is 8.75. The van der Waals surface area contributed by atoms with E-state index in [4.69, 9.17) is 23.9 Å². The number of hydrogen-bond acceptors (Lipinski definition) is 10. The van der Waals surface area contributed by atoms with Crippen LogP contribution in [-0.2, 0) is 43.2 Å². The van der Waals surface area contributed by atoms with Crippen molar-refractivity contribution in [1.82, 2.24) is 35.6 Å². The molecule has 3 aliphatic rings. The lowest BCUT2D eigenvalue weighted by atomic mass is 9.84. The Bertz CT molecular complexity index is 2060. The number of rotatable bonds is 9. The largest absolute Gasteiger partial charge is 0.464 e. The third kappa shape index (κ3) is 8.26. The van der Waals surface area contributed by atoms with E-state index < -0.39 is 29.4 Å². The molecule has 3 aliphatic heterocycles. The number of ether oxygens (including phenoxy) is 2. The number of hydrazine groups is 1. The number of fused-ring (bicyclic) bond motifs is 6. The predicted octanol–water partition coefficient (Wildman–Crippen LogP) is 5.41. The van der Waals surface area contributed by atoms with E-state index >= 15 is 0 Å². The minimum Gasteiger partial charge on any atom is -0.464 e. The maximum Gasteiger partial charge on any atom is 0.324 e. The zero-order valence-corrected chi connectivity index (χ0v) is 33.8. The summed E-state index contributed by atoms with van der Waals surface area (Å²) in [7, 11) is 0. The van der Waals surface area contributed by atoms with Crippen LogP contribution in [0.15, 0.2) is 47.2 Å². The van der Waals surface area contributed by atoms with E-state index in [2.05, 4.69) is 73.4 Å². The number of pyridine rings is 1. The van der Waals surface area contributed by atoms with Crippen LogP contribution in [0, 0.1) is 17.3 Å². The second kappa shape index (κ2) is 16.5. The molecule has 7 rings (SSSR count). The lowest BCUT2D eigenvalue weighted by Gasteiger charge is -2.36. The standard InChI is InChI=1S/C43H57N7O6/c1-8-49-36-14-13-27-17-31(36)32(38(49)30-11-9-15-45-37(30)26(4)5)19-43(6,7)24-56-42(53)34-12-10-16-50(48-34)41(52)35(18-28-22-55-40(27)46-28)47-39(51)33(25(2)3)23-54-29-20-44-21-29/h9,11,13-15,17,22,25-26,29,33-35,44,48H,8,10,12,16,18-21,23-24H2,1-7H3,(H,47,51)/t33-,34-,35-/m0/s1. The van der Waals surface area contributed by atoms with Crippen molar-refractivity contribution < 1.29 is 28.3 Å². The van der Waals surface area contributed by atoms with E-state index in [-0.39, 0.29) is 49.4 Å². The Labute approximate surface area is 329 Å². The van der Waals surface area contributed by atoms with Gasteiger partial charge in [0, 0.05) is 66.2 Å². The maximum atomic E-state index is 14.3. The zero-order valence-electron chi connectivity index (χ0n) is 33.8. The van der Waals surface area contributed by atoms with E-state index in [1.807, 2.05) is 32.2 Å². The van der Waals surface area contributed by atoms with Crippen molar-refractivity contribution in [3.05, 3.63) is 59.7 Å². The molecule has 56 heavy (non-hydrogen) atoms. The van der Waals surface area contributed by atoms with Gasteiger partial charge in [-0.3, -0.25) is 24.4 Å². The topological polar surface area (TPSA) is 153 Å². The third-order valence-electron chi connectivity index (χ3n) is 11.3. The average molecular weight is 768 g/mol. The lowest BCUT2D eigenvalue weighted by Crippen LogP contribution is -2.61. The molecule has 3 aromatic heterocycles. The summed E-state index contributed by atoms with van der Waals surface area (Å²) in [5.74, 6) is -0.894. The van der Waals surface area contributed by atoms with Gasteiger partial charge in [-0.25, -0.2) is 10.4 Å². The van der Waals surface area contributed by atoms with E-state index in [1.54, 1.807) is 6.26 Å². The van der Waals surface area contributed by atoms with Gasteiger partial charge in [-0.2, -0.15) is 0 Å². The molecule has 0 saturated carbocycles. The molecule has 13 heteroatoms. The quantitative estimate of drug-likeness (QED) is 0.189. The molecule has 3 atom stereocenters. The van der Waals surface area contributed by atoms with Crippen molar-refractivity contribution in [1.29, 1.82) is 0 Å². The second-order valence-corrected chi connectivity index (χ2v) is 17.0. The van der Waals surface area contributed by atoms with Gasteiger partial charge in [-0.15, -0.1) is 0 Å². The van der Waals surface area contributed by atoms with E-state index in [0.29, 0.717) is 37.4 Å². The molecule has 0 radical (unpaired) electrons. The highest BCUT2D eigenvalue weighted by Gasteiger charge is 2.37. The number of carbonyl (C=O) groups excluding carboxylic acids is 3. The van der Waals surface area contributed by atoms with Gasteiger partial charge in [0.1, 0.15) is 18.3 Å². The fourth-order valence-electron chi connectivity index (χ4n) is 8.06. The first kappa shape index (κ1) is 39.6. The van der Waals surface area contributed by atoms with Crippen LogP contribution in [0.1, 0.15) is 84.2 Å². The number of carbonyl (C=O) groups is 3. The molecule has 13 nitrogen and oxygen atoms in total. The summed E-state index contributed by atoms with van der Waals surface area (Å²) in [6.07, 6.45) is 5.32. The minimum atomic E-state index is -0.975. The lowest BCUT2D eigenvalue weighted by molar-refractivity contribution is -0.155. The molecule has 3 N–H and O–H groups in total. The first-order chi connectivity index (χ1) is 26.8. The Balaban J connectivity index is 1.30. The highest BCUT2D eigenvalue weighted by molar-refractivity contribution is 5.95. The van der Waals surface area contributed by atoms with Crippen molar-refractivity contribution >= 4 is 28.7 Å². The normalized spacial score (nSPS) is 21.2. The number of nitrogens with one attached hydrogen (secondary N) is 3. The molecule has 2 amide bonds. The van der Waals surface area contributed by atoms with Gasteiger partial charge < -0.3 is 29.1 Å². The average Bonchev–Trinajstić information content (AvgIpc) is 3.75. The summed E-state index contributed by atoms with van der Waals surface area (Å²) in [5.41, 5.74) is 9.43. The molecular formula is C43H57N7O6. The molecule has 6 bridgehead atoms. The Kier molecular flexibility index (Phi) is 11.7.